The monoisotopic (exact) mass is 436 g/mol. The topological polar surface area (TPSA) is 39.7 Å². The number of thiophene rings is 1. The number of hydrogen-bond acceptors (Lipinski definition) is 3. The van der Waals surface area contributed by atoms with Gasteiger partial charge in [-0.1, -0.05) is 12.5 Å². The first-order chi connectivity index (χ1) is 10.1. The predicted octanol–water partition coefficient (Wildman–Crippen LogP) is 3.30. The molecule has 0 aliphatic carbocycles. The summed E-state index contributed by atoms with van der Waals surface area (Å²) in [6.07, 6.45) is 4.04. The summed E-state index contributed by atoms with van der Waals surface area (Å²) in [6, 6.07) is 4.22. The number of rotatable bonds is 5. The lowest BCUT2D eigenvalue weighted by Gasteiger charge is -2.41. The highest BCUT2D eigenvalue weighted by Crippen LogP contribution is 2.19. The molecule has 0 saturated carbocycles. The fourth-order valence-electron chi connectivity index (χ4n) is 2.72. The molecule has 1 saturated heterocycles. The Bertz CT molecular complexity index is 439. The van der Waals surface area contributed by atoms with Crippen LogP contribution in [0.1, 0.15) is 38.0 Å². The minimum atomic E-state index is 0. The maximum absolute atomic E-state index is 4.32. The van der Waals surface area contributed by atoms with Gasteiger partial charge in [0.15, 0.2) is 5.96 Å². The van der Waals surface area contributed by atoms with E-state index < -0.39 is 0 Å². The fourth-order valence-corrected chi connectivity index (χ4v) is 3.36. The van der Waals surface area contributed by atoms with Crippen molar-refractivity contribution in [2.24, 2.45) is 4.99 Å². The standard InChI is InChI=1S/C16H28N4S.HI/c1-16(2,20-9-5-4-6-10-20)13-19-15(17-3)18-12-14-8-7-11-21-14;/h7-8,11H,4-6,9-10,12-13H2,1-3H3,(H2,17,18,19);1H. The number of piperidine rings is 1. The second-order valence-corrected chi connectivity index (χ2v) is 7.25. The Morgan fingerprint density at radius 1 is 1.27 bits per heavy atom. The molecule has 1 aliphatic heterocycles. The van der Waals surface area contributed by atoms with Crippen LogP contribution in [0.3, 0.4) is 0 Å². The van der Waals surface area contributed by atoms with Crippen molar-refractivity contribution >= 4 is 41.3 Å². The van der Waals surface area contributed by atoms with Gasteiger partial charge in [-0.05, 0) is 51.2 Å². The second kappa shape index (κ2) is 9.72. The molecule has 1 aromatic heterocycles. The molecule has 0 radical (unpaired) electrons. The van der Waals surface area contributed by atoms with E-state index in [2.05, 4.69) is 51.9 Å². The molecular weight excluding hydrogens is 407 g/mol. The maximum Gasteiger partial charge on any atom is 0.191 e. The molecule has 0 unspecified atom stereocenters. The first-order valence-electron chi connectivity index (χ1n) is 7.84. The van der Waals surface area contributed by atoms with Crippen molar-refractivity contribution in [2.75, 3.05) is 26.7 Å². The van der Waals surface area contributed by atoms with Gasteiger partial charge < -0.3 is 10.6 Å². The maximum atomic E-state index is 4.32. The number of nitrogens with one attached hydrogen (secondary N) is 2. The van der Waals surface area contributed by atoms with Gasteiger partial charge in [-0.2, -0.15) is 0 Å². The van der Waals surface area contributed by atoms with Crippen molar-refractivity contribution < 1.29 is 0 Å². The number of likely N-dealkylation sites (tertiary alicyclic amines) is 1. The molecule has 126 valence electrons. The van der Waals surface area contributed by atoms with E-state index in [9.17, 15) is 0 Å². The van der Waals surface area contributed by atoms with Crippen molar-refractivity contribution in [3.05, 3.63) is 22.4 Å². The molecule has 1 aromatic rings. The van der Waals surface area contributed by atoms with Gasteiger partial charge in [0.1, 0.15) is 0 Å². The molecule has 0 atom stereocenters. The molecule has 2 N–H and O–H groups in total. The summed E-state index contributed by atoms with van der Waals surface area (Å²) in [5.41, 5.74) is 0.168. The van der Waals surface area contributed by atoms with Crippen LogP contribution in [0, 0.1) is 0 Å². The van der Waals surface area contributed by atoms with Crippen LogP contribution in [0.5, 0.6) is 0 Å². The van der Waals surface area contributed by atoms with Gasteiger partial charge in [0.2, 0.25) is 0 Å². The van der Waals surface area contributed by atoms with Crippen LogP contribution in [-0.2, 0) is 6.54 Å². The first kappa shape index (κ1) is 19.7. The van der Waals surface area contributed by atoms with Crippen molar-refractivity contribution in [3.63, 3.8) is 0 Å². The largest absolute Gasteiger partial charge is 0.355 e. The van der Waals surface area contributed by atoms with Crippen LogP contribution in [0.4, 0.5) is 0 Å². The lowest BCUT2D eigenvalue weighted by atomic mass is 9.98. The average Bonchev–Trinajstić information content (AvgIpc) is 3.02. The van der Waals surface area contributed by atoms with Gasteiger partial charge in [-0.15, -0.1) is 35.3 Å². The highest BCUT2D eigenvalue weighted by atomic mass is 127. The number of aliphatic imine (C=N–C) groups is 1. The van der Waals surface area contributed by atoms with Gasteiger partial charge >= 0.3 is 0 Å². The predicted molar refractivity (Wildman–Crippen MR) is 107 cm³/mol. The van der Waals surface area contributed by atoms with Crippen LogP contribution in [0.25, 0.3) is 0 Å². The highest BCUT2D eigenvalue weighted by molar-refractivity contribution is 14.0. The zero-order valence-corrected chi connectivity index (χ0v) is 17.0. The SMILES string of the molecule is CN=C(NCc1cccs1)NCC(C)(C)N1CCCCC1.I. The molecule has 22 heavy (non-hydrogen) atoms. The Morgan fingerprint density at radius 2 is 2.00 bits per heavy atom. The third kappa shape index (κ3) is 6.04. The third-order valence-corrected chi connectivity index (χ3v) is 5.01. The molecule has 0 bridgehead atoms. The summed E-state index contributed by atoms with van der Waals surface area (Å²) >= 11 is 1.77. The zero-order valence-electron chi connectivity index (χ0n) is 13.9. The lowest BCUT2D eigenvalue weighted by Crippen LogP contribution is -2.54. The molecular formula is C16H29IN4S. The van der Waals surface area contributed by atoms with E-state index in [1.54, 1.807) is 11.3 Å². The van der Waals surface area contributed by atoms with Crippen LogP contribution < -0.4 is 10.6 Å². The van der Waals surface area contributed by atoms with Gasteiger partial charge in [-0.3, -0.25) is 9.89 Å². The molecule has 0 amide bonds. The van der Waals surface area contributed by atoms with Crippen molar-refractivity contribution in [3.8, 4) is 0 Å². The minimum Gasteiger partial charge on any atom is -0.355 e. The summed E-state index contributed by atoms with van der Waals surface area (Å²) in [5.74, 6) is 0.883. The van der Waals surface area contributed by atoms with E-state index in [0.29, 0.717) is 0 Å². The molecule has 0 aromatic carbocycles. The quantitative estimate of drug-likeness (QED) is 0.423. The molecule has 4 nitrogen and oxygen atoms in total. The Labute approximate surface area is 155 Å². The summed E-state index contributed by atoms with van der Waals surface area (Å²) in [6.45, 7) is 8.82. The van der Waals surface area contributed by atoms with E-state index >= 15 is 0 Å². The van der Waals surface area contributed by atoms with Gasteiger partial charge in [0, 0.05) is 24.0 Å². The number of nitrogens with zero attached hydrogens (tertiary/aromatic N) is 2. The summed E-state index contributed by atoms with van der Waals surface area (Å²) < 4.78 is 0. The van der Waals surface area contributed by atoms with Crippen LogP contribution in [0.2, 0.25) is 0 Å². The Hall–Kier alpha value is -0.340. The molecule has 0 spiro atoms. The van der Waals surface area contributed by atoms with Gasteiger partial charge in [0.05, 0.1) is 6.54 Å². The van der Waals surface area contributed by atoms with Crippen molar-refractivity contribution in [2.45, 2.75) is 45.2 Å². The number of guanidine groups is 1. The smallest absolute Gasteiger partial charge is 0.191 e. The Kier molecular flexibility index (Phi) is 8.71. The van der Waals surface area contributed by atoms with Crippen molar-refractivity contribution in [1.29, 1.82) is 0 Å². The Morgan fingerprint density at radius 3 is 2.59 bits per heavy atom. The normalized spacial score (nSPS) is 17.0. The van der Waals surface area contributed by atoms with Crippen LogP contribution >= 0.6 is 35.3 Å². The summed E-state index contributed by atoms with van der Waals surface area (Å²) in [7, 11) is 1.83. The summed E-state index contributed by atoms with van der Waals surface area (Å²) in [5, 5.41) is 8.95. The van der Waals surface area contributed by atoms with E-state index in [4.69, 9.17) is 0 Å². The molecule has 6 heteroatoms. The fraction of sp³-hybridized carbons (Fsp3) is 0.688. The van der Waals surface area contributed by atoms with Gasteiger partial charge in [-0.25, -0.2) is 0 Å². The zero-order chi connectivity index (χ0) is 15.1. The van der Waals surface area contributed by atoms with Crippen molar-refractivity contribution in [1.82, 2.24) is 15.5 Å². The van der Waals surface area contributed by atoms with E-state index in [1.807, 2.05) is 7.05 Å². The average molecular weight is 436 g/mol. The van der Waals surface area contributed by atoms with Crippen LogP contribution in [0.15, 0.2) is 22.5 Å². The van der Waals surface area contributed by atoms with E-state index in [1.165, 1.54) is 37.2 Å². The number of halogens is 1. The van der Waals surface area contributed by atoms with Gasteiger partial charge in [0.25, 0.3) is 0 Å². The van der Waals surface area contributed by atoms with Crippen LogP contribution in [-0.4, -0.2) is 43.1 Å². The molecule has 1 fully saturated rings. The molecule has 1 aliphatic rings. The third-order valence-electron chi connectivity index (χ3n) is 4.13. The number of hydrogen-bond donors (Lipinski definition) is 2. The highest BCUT2D eigenvalue weighted by Gasteiger charge is 2.27. The molecule has 2 heterocycles. The Balaban J connectivity index is 0.00000242. The minimum absolute atomic E-state index is 0. The first-order valence-corrected chi connectivity index (χ1v) is 8.72. The molecule has 2 rings (SSSR count). The van der Waals surface area contributed by atoms with E-state index in [0.717, 1.165) is 19.0 Å². The summed E-state index contributed by atoms with van der Waals surface area (Å²) in [4.78, 5) is 8.24. The van der Waals surface area contributed by atoms with E-state index in [-0.39, 0.29) is 29.5 Å². The second-order valence-electron chi connectivity index (χ2n) is 6.22. The lowest BCUT2D eigenvalue weighted by molar-refractivity contribution is 0.0982.